The lowest BCUT2D eigenvalue weighted by atomic mass is 9.91. The molecule has 4 aromatic carbocycles. The van der Waals surface area contributed by atoms with Crippen LogP contribution in [0.15, 0.2) is 109 Å². The van der Waals surface area contributed by atoms with Gasteiger partial charge in [0.15, 0.2) is 0 Å². The van der Waals surface area contributed by atoms with Crippen molar-refractivity contribution in [2.24, 2.45) is 11.8 Å². The molecule has 0 saturated carbocycles. The molecule has 7 heteroatoms. The summed E-state index contributed by atoms with van der Waals surface area (Å²) in [4.78, 5) is 29.6. The van der Waals surface area contributed by atoms with Crippen LogP contribution in [0.5, 0.6) is 0 Å². The van der Waals surface area contributed by atoms with Crippen LogP contribution >= 0.6 is 0 Å². The summed E-state index contributed by atoms with van der Waals surface area (Å²) in [5.74, 6) is -1.07. The van der Waals surface area contributed by atoms with Crippen molar-refractivity contribution in [3.8, 4) is 6.07 Å². The molecule has 4 aromatic rings. The number of aliphatic hydroxyl groups excluding tert-OH is 2. The van der Waals surface area contributed by atoms with E-state index in [1.54, 1.807) is 6.07 Å². The average molecular weight is 628 g/mol. The van der Waals surface area contributed by atoms with E-state index in [1.165, 1.54) is 0 Å². The van der Waals surface area contributed by atoms with Gasteiger partial charge in [-0.2, -0.15) is 5.26 Å². The van der Waals surface area contributed by atoms with E-state index in [-0.39, 0.29) is 36.7 Å². The molecule has 2 aliphatic rings. The van der Waals surface area contributed by atoms with Crippen LogP contribution < -0.4 is 5.32 Å². The summed E-state index contributed by atoms with van der Waals surface area (Å²) < 4.78 is 0. The van der Waals surface area contributed by atoms with Gasteiger partial charge in [0.05, 0.1) is 29.9 Å². The molecule has 1 heterocycles. The molecule has 6 atom stereocenters. The van der Waals surface area contributed by atoms with Gasteiger partial charge in [-0.25, -0.2) is 0 Å². The van der Waals surface area contributed by atoms with E-state index in [9.17, 15) is 25.1 Å². The number of nitrogens with one attached hydrogen (secondary N) is 1. The first-order chi connectivity index (χ1) is 22.9. The fourth-order valence-corrected chi connectivity index (χ4v) is 7.34. The number of β-amino-alcohol motifs (C(OH)–C–C–N with tert-alkyl or cyclic N) is 1. The predicted molar refractivity (Wildman–Crippen MR) is 180 cm³/mol. The van der Waals surface area contributed by atoms with E-state index in [0.717, 1.165) is 27.8 Å². The van der Waals surface area contributed by atoms with Gasteiger partial charge in [-0.3, -0.25) is 9.59 Å². The number of benzene rings is 4. The summed E-state index contributed by atoms with van der Waals surface area (Å²) >= 11 is 0. The smallest absolute Gasteiger partial charge is 0.226 e. The number of nitrogens with zero attached hydrogens (tertiary/aromatic N) is 2. The van der Waals surface area contributed by atoms with Gasteiger partial charge < -0.3 is 20.4 Å². The average Bonchev–Trinajstić information content (AvgIpc) is 3.55. The molecule has 7 nitrogen and oxygen atoms in total. The van der Waals surface area contributed by atoms with Crippen LogP contribution in [0.1, 0.15) is 52.3 Å². The summed E-state index contributed by atoms with van der Waals surface area (Å²) in [6.45, 7) is 0.124. The molecule has 0 aromatic heterocycles. The van der Waals surface area contributed by atoms with Gasteiger partial charge in [0.1, 0.15) is 0 Å². The van der Waals surface area contributed by atoms with Gasteiger partial charge in [-0.15, -0.1) is 0 Å². The van der Waals surface area contributed by atoms with Crippen molar-refractivity contribution < 1.29 is 19.8 Å². The van der Waals surface area contributed by atoms with E-state index in [1.807, 2.05) is 95.9 Å². The number of carbonyl (C=O) groups is 2. The Kier molecular flexibility index (Phi) is 10.1. The zero-order valence-electron chi connectivity index (χ0n) is 26.4. The zero-order valence-corrected chi connectivity index (χ0v) is 26.4. The van der Waals surface area contributed by atoms with Crippen LogP contribution in [0.25, 0.3) is 0 Å². The van der Waals surface area contributed by atoms with E-state index < -0.39 is 24.2 Å². The lowest BCUT2D eigenvalue weighted by Gasteiger charge is -2.29. The number of amides is 2. The molecule has 240 valence electrons. The quantitative estimate of drug-likeness (QED) is 0.206. The predicted octanol–water partition coefficient (Wildman–Crippen LogP) is 4.94. The van der Waals surface area contributed by atoms with E-state index >= 15 is 0 Å². The Morgan fingerprint density at radius 3 is 2.32 bits per heavy atom. The first-order valence-electron chi connectivity index (χ1n) is 16.5. The van der Waals surface area contributed by atoms with E-state index in [0.29, 0.717) is 37.7 Å². The van der Waals surface area contributed by atoms with Gasteiger partial charge >= 0.3 is 0 Å². The van der Waals surface area contributed by atoms with Gasteiger partial charge in [0.2, 0.25) is 11.8 Å². The molecule has 47 heavy (non-hydrogen) atoms. The van der Waals surface area contributed by atoms with E-state index in [4.69, 9.17) is 0 Å². The van der Waals surface area contributed by atoms with Crippen molar-refractivity contribution in [3.63, 3.8) is 0 Å². The number of aliphatic hydroxyl groups is 2. The van der Waals surface area contributed by atoms with Crippen molar-refractivity contribution in [2.75, 3.05) is 6.54 Å². The molecular weight excluding hydrogens is 586 g/mol. The van der Waals surface area contributed by atoms with Crippen LogP contribution in [0.3, 0.4) is 0 Å². The fraction of sp³-hybridized carbons (Fsp3) is 0.325. The minimum atomic E-state index is -0.932. The van der Waals surface area contributed by atoms with Gasteiger partial charge in [-0.05, 0) is 72.1 Å². The molecule has 2 amide bonds. The monoisotopic (exact) mass is 627 g/mol. The van der Waals surface area contributed by atoms with E-state index in [2.05, 4.69) is 23.5 Å². The van der Waals surface area contributed by atoms with Gasteiger partial charge in [0.25, 0.3) is 0 Å². The van der Waals surface area contributed by atoms with Crippen LogP contribution in [0, 0.1) is 23.2 Å². The van der Waals surface area contributed by atoms with Crippen LogP contribution in [-0.4, -0.2) is 51.7 Å². The summed E-state index contributed by atoms with van der Waals surface area (Å²) in [5.41, 5.74) is 5.55. The number of hydrogen-bond acceptors (Lipinski definition) is 5. The first kappa shape index (κ1) is 32.2. The second-order valence-electron chi connectivity index (χ2n) is 13.0. The van der Waals surface area contributed by atoms with Crippen LogP contribution in [0.4, 0.5) is 0 Å². The summed E-state index contributed by atoms with van der Waals surface area (Å²) in [6.07, 6.45) is 1.26. The molecule has 3 N–H and O–H groups in total. The molecule has 2 unspecified atom stereocenters. The normalized spacial score (nSPS) is 21.6. The Hall–Kier alpha value is -4.77. The van der Waals surface area contributed by atoms with Crippen molar-refractivity contribution in [3.05, 3.63) is 143 Å². The fourth-order valence-electron chi connectivity index (χ4n) is 7.34. The molecule has 6 rings (SSSR count). The lowest BCUT2D eigenvalue weighted by Crippen LogP contribution is -2.43. The number of carbonyl (C=O) groups excluding carboxylic acids is 2. The second kappa shape index (κ2) is 14.8. The molecule has 0 bridgehead atoms. The van der Waals surface area contributed by atoms with Crippen molar-refractivity contribution >= 4 is 11.8 Å². The highest BCUT2D eigenvalue weighted by molar-refractivity contribution is 5.82. The Balaban J connectivity index is 1.19. The molecule has 1 aliphatic carbocycles. The Bertz CT molecular complexity index is 1720. The SMILES string of the molecule is N#Cc1cccc(CC2C[C@H](Cc3ccccc3)N(C[C@@H](O)C[C@@H](Cc3ccccc3)C(=O)NC3c4ccccc4C[C@H]3O)C2=O)c1. The minimum absolute atomic E-state index is 0.0120. The molecule has 1 saturated heterocycles. The molecule has 0 radical (unpaired) electrons. The number of rotatable bonds is 12. The van der Waals surface area contributed by atoms with Crippen LogP contribution in [-0.2, 0) is 35.3 Å². The zero-order chi connectivity index (χ0) is 32.8. The molecule has 1 fully saturated rings. The largest absolute Gasteiger partial charge is 0.391 e. The van der Waals surface area contributed by atoms with Crippen LogP contribution in [0.2, 0.25) is 0 Å². The molecule has 1 aliphatic heterocycles. The lowest BCUT2D eigenvalue weighted by molar-refractivity contribution is -0.133. The topological polar surface area (TPSA) is 114 Å². The maximum atomic E-state index is 13.9. The third kappa shape index (κ3) is 7.79. The van der Waals surface area contributed by atoms with Gasteiger partial charge in [-0.1, -0.05) is 97.1 Å². The standard InChI is InChI=1S/C40H41N3O4/c41-25-30-15-9-14-29(18-30)20-33-22-34(21-28-12-5-2-6-13-28)43(40(33)47)26-35(44)23-32(19-27-10-3-1-4-11-27)39(46)42-38-36-17-8-7-16-31(36)24-37(38)45/h1-18,32-35,37-38,44-45H,19-24,26H2,(H,42,46)/t32-,33?,34+,35+,37-,38?/m1/s1. The summed E-state index contributed by atoms with van der Waals surface area (Å²) in [6, 6.07) is 36.5. The number of hydrogen-bond donors (Lipinski definition) is 3. The summed E-state index contributed by atoms with van der Waals surface area (Å²) in [5, 5.41) is 34.8. The third-order valence-corrected chi connectivity index (χ3v) is 9.64. The Morgan fingerprint density at radius 1 is 0.894 bits per heavy atom. The van der Waals surface area contributed by atoms with Gasteiger partial charge in [0, 0.05) is 30.8 Å². The maximum absolute atomic E-state index is 13.9. The highest BCUT2D eigenvalue weighted by Gasteiger charge is 2.41. The van der Waals surface area contributed by atoms with Crippen molar-refractivity contribution in [2.45, 2.75) is 62.8 Å². The maximum Gasteiger partial charge on any atom is 0.226 e. The first-order valence-corrected chi connectivity index (χ1v) is 16.5. The number of likely N-dealkylation sites (tertiary alicyclic amines) is 1. The van der Waals surface area contributed by atoms with Crippen molar-refractivity contribution in [1.29, 1.82) is 5.26 Å². The summed E-state index contributed by atoms with van der Waals surface area (Å²) in [7, 11) is 0. The highest BCUT2D eigenvalue weighted by atomic mass is 16.3. The highest BCUT2D eigenvalue weighted by Crippen LogP contribution is 2.33. The number of nitriles is 1. The molecule has 0 spiro atoms. The Labute approximate surface area is 276 Å². The third-order valence-electron chi connectivity index (χ3n) is 9.64. The molecular formula is C40H41N3O4. The Morgan fingerprint density at radius 2 is 1.57 bits per heavy atom. The minimum Gasteiger partial charge on any atom is -0.391 e. The number of fused-ring (bicyclic) bond motifs is 1. The van der Waals surface area contributed by atoms with Crippen molar-refractivity contribution in [1.82, 2.24) is 10.2 Å². The second-order valence-corrected chi connectivity index (χ2v) is 13.0.